The lowest BCUT2D eigenvalue weighted by molar-refractivity contribution is -0.142. The van der Waals surface area contributed by atoms with Gasteiger partial charge in [-0.15, -0.1) is 0 Å². The number of hydrogen-bond acceptors (Lipinski definition) is 4. The Hall–Kier alpha value is -1.14. The highest BCUT2D eigenvalue weighted by Crippen LogP contribution is 1.95. The Morgan fingerprint density at radius 3 is 2.50 bits per heavy atom. The SMILES string of the molecule is COCCC(NC(=O)CCN(C)C)C(=O)O. The van der Waals surface area contributed by atoms with Crippen molar-refractivity contribution in [2.45, 2.75) is 18.9 Å². The van der Waals surface area contributed by atoms with E-state index in [0.29, 0.717) is 19.6 Å². The van der Waals surface area contributed by atoms with Crippen LogP contribution in [0.15, 0.2) is 0 Å². The topological polar surface area (TPSA) is 78.9 Å². The lowest BCUT2D eigenvalue weighted by Crippen LogP contribution is -2.42. The van der Waals surface area contributed by atoms with E-state index in [1.54, 1.807) is 0 Å². The normalized spacial score (nSPS) is 12.5. The van der Waals surface area contributed by atoms with Crippen molar-refractivity contribution in [1.29, 1.82) is 0 Å². The van der Waals surface area contributed by atoms with E-state index in [2.05, 4.69) is 5.32 Å². The minimum Gasteiger partial charge on any atom is -0.480 e. The van der Waals surface area contributed by atoms with E-state index < -0.39 is 12.0 Å². The van der Waals surface area contributed by atoms with Gasteiger partial charge in [0.05, 0.1) is 0 Å². The van der Waals surface area contributed by atoms with Gasteiger partial charge in [0.1, 0.15) is 6.04 Å². The molecular weight excluding hydrogens is 212 g/mol. The van der Waals surface area contributed by atoms with Gasteiger partial charge in [-0.1, -0.05) is 0 Å². The van der Waals surface area contributed by atoms with Crippen molar-refractivity contribution in [3.8, 4) is 0 Å². The zero-order valence-corrected chi connectivity index (χ0v) is 10.0. The van der Waals surface area contributed by atoms with Gasteiger partial charge in [-0.3, -0.25) is 4.79 Å². The summed E-state index contributed by atoms with van der Waals surface area (Å²) < 4.78 is 4.78. The molecule has 0 spiro atoms. The average Bonchev–Trinajstić information content (AvgIpc) is 2.20. The lowest BCUT2D eigenvalue weighted by atomic mass is 10.2. The van der Waals surface area contributed by atoms with Crippen LogP contribution in [0, 0.1) is 0 Å². The second-order valence-electron chi connectivity index (χ2n) is 3.79. The van der Waals surface area contributed by atoms with Crippen LogP contribution >= 0.6 is 0 Å². The highest BCUT2D eigenvalue weighted by atomic mass is 16.5. The minimum atomic E-state index is -1.03. The molecule has 0 rings (SSSR count). The summed E-state index contributed by atoms with van der Waals surface area (Å²) in [5.41, 5.74) is 0. The first-order chi connectivity index (χ1) is 7.47. The second-order valence-corrected chi connectivity index (χ2v) is 3.79. The molecule has 1 atom stereocenters. The lowest BCUT2D eigenvalue weighted by Gasteiger charge is -2.15. The molecule has 2 N–H and O–H groups in total. The molecule has 0 aliphatic rings. The summed E-state index contributed by atoms with van der Waals surface area (Å²) in [5, 5.41) is 11.3. The largest absolute Gasteiger partial charge is 0.480 e. The molecule has 0 aromatic rings. The number of methoxy groups -OCH3 is 1. The third kappa shape index (κ3) is 7.19. The minimum absolute atomic E-state index is 0.253. The molecule has 0 radical (unpaired) electrons. The van der Waals surface area contributed by atoms with E-state index in [4.69, 9.17) is 9.84 Å². The summed E-state index contributed by atoms with van der Waals surface area (Å²) in [4.78, 5) is 24.0. The average molecular weight is 232 g/mol. The van der Waals surface area contributed by atoms with Crippen molar-refractivity contribution in [2.24, 2.45) is 0 Å². The molecule has 6 heteroatoms. The van der Waals surface area contributed by atoms with Crippen molar-refractivity contribution in [1.82, 2.24) is 10.2 Å². The monoisotopic (exact) mass is 232 g/mol. The number of aliphatic carboxylic acids is 1. The Morgan fingerprint density at radius 2 is 2.06 bits per heavy atom. The zero-order valence-electron chi connectivity index (χ0n) is 10.0. The quantitative estimate of drug-likeness (QED) is 0.592. The molecule has 0 aliphatic heterocycles. The predicted molar refractivity (Wildman–Crippen MR) is 59.2 cm³/mol. The Balaban J connectivity index is 3.98. The van der Waals surface area contributed by atoms with Gasteiger partial charge in [0.25, 0.3) is 0 Å². The molecule has 1 unspecified atom stereocenters. The number of nitrogens with zero attached hydrogens (tertiary/aromatic N) is 1. The van der Waals surface area contributed by atoms with Crippen LogP contribution in [-0.2, 0) is 14.3 Å². The van der Waals surface area contributed by atoms with Crippen LogP contribution < -0.4 is 5.32 Å². The second kappa shape index (κ2) is 8.06. The summed E-state index contributed by atoms with van der Waals surface area (Å²) >= 11 is 0. The number of ether oxygens (including phenoxy) is 1. The zero-order chi connectivity index (χ0) is 12.6. The highest BCUT2D eigenvalue weighted by Gasteiger charge is 2.19. The van der Waals surface area contributed by atoms with Crippen LogP contribution in [0.25, 0.3) is 0 Å². The third-order valence-corrected chi connectivity index (χ3v) is 2.03. The van der Waals surface area contributed by atoms with E-state index in [9.17, 15) is 9.59 Å². The number of rotatable bonds is 8. The summed E-state index contributed by atoms with van der Waals surface area (Å²) in [7, 11) is 5.20. The van der Waals surface area contributed by atoms with Crippen LogP contribution in [-0.4, -0.2) is 62.3 Å². The molecule has 0 saturated heterocycles. The number of carboxylic acid groups (broad SMARTS) is 1. The molecule has 0 fully saturated rings. The van der Waals surface area contributed by atoms with E-state index >= 15 is 0 Å². The van der Waals surface area contributed by atoms with Crippen molar-refractivity contribution in [3.63, 3.8) is 0 Å². The first-order valence-electron chi connectivity index (χ1n) is 5.13. The molecular formula is C10H20N2O4. The van der Waals surface area contributed by atoms with Crippen LogP contribution in [0.2, 0.25) is 0 Å². The molecule has 0 aromatic heterocycles. The van der Waals surface area contributed by atoms with Crippen LogP contribution in [0.5, 0.6) is 0 Å². The Kier molecular flexibility index (Phi) is 7.49. The maximum Gasteiger partial charge on any atom is 0.326 e. The number of carbonyl (C=O) groups excluding carboxylic acids is 1. The van der Waals surface area contributed by atoms with Crippen LogP contribution in [0.3, 0.4) is 0 Å². The van der Waals surface area contributed by atoms with Gasteiger partial charge in [0, 0.05) is 33.1 Å². The molecule has 0 bridgehead atoms. The molecule has 16 heavy (non-hydrogen) atoms. The first-order valence-corrected chi connectivity index (χ1v) is 5.13. The van der Waals surface area contributed by atoms with E-state index in [-0.39, 0.29) is 12.3 Å². The van der Waals surface area contributed by atoms with Gasteiger partial charge in [0.2, 0.25) is 5.91 Å². The van der Waals surface area contributed by atoms with Crippen molar-refractivity contribution < 1.29 is 19.4 Å². The molecule has 0 saturated carbocycles. The number of amides is 1. The van der Waals surface area contributed by atoms with Gasteiger partial charge >= 0.3 is 5.97 Å². The summed E-state index contributed by atoms with van der Waals surface area (Å²) in [6.07, 6.45) is 0.573. The van der Waals surface area contributed by atoms with Crippen molar-refractivity contribution in [3.05, 3.63) is 0 Å². The summed E-state index contributed by atoms with van der Waals surface area (Å²) in [6, 6.07) is -0.866. The molecule has 0 aromatic carbocycles. The number of carboxylic acids is 1. The number of carbonyl (C=O) groups is 2. The Bertz CT molecular complexity index is 231. The molecule has 1 amide bonds. The predicted octanol–water partition coefficient (Wildman–Crippen LogP) is -0.456. The smallest absolute Gasteiger partial charge is 0.326 e. The van der Waals surface area contributed by atoms with Crippen molar-refractivity contribution >= 4 is 11.9 Å². The maximum absolute atomic E-state index is 11.4. The van der Waals surface area contributed by atoms with Gasteiger partial charge in [-0.05, 0) is 14.1 Å². The van der Waals surface area contributed by atoms with E-state index in [1.807, 2.05) is 19.0 Å². The number of hydrogen-bond donors (Lipinski definition) is 2. The van der Waals surface area contributed by atoms with Gasteiger partial charge in [-0.25, -0.2) is 4.79 Å². The summed E-state index contributed by atoms with van der Waals surface area (Å²) in [5.74, 6) is -1.28. The maximum atomic E-state index is 11.4. The molecule has 0 heterocycles. The molecule has 6 nitrogen and oxygen atoms in total. The van der Waals surface area contributed by atoms with Gasteiger partial charge in [-0.2, -0.15) is 0 Å². The third-order valence-electron chi connectivity index (χ3n) is 2.03. The fourth-order valence-corrected chi connectivity index (χ4v) is 1.08. The standard InChI is InChI=1S/C10H20N2O4/c1-12(2)6-4-9(13)11-8(10(14)15)5-7-16-3/h8H,4-7H2,1-3H3,(H,11,13)(H,14,15). The highest BCUT2D eigenvalue weighted by molar-refractivity contribution is 5.83. The fraction of sp³-hybridized carbons (Fsp3) is 0.800. The first kappa shape index (κ1) is 14.9. The fourth-order valence-electron chi connectivity index (χ4n) is 1.08. The Morgan fingerprint density at radius 1 is 1.44 bits per heavy atom. The van der Waals surface area contributed by atoms with Gasteiger partial charge < -0.3 is 20.1 Å². The summed E-state index contributed by atoms with van der Waals surface area (Å²) in [6.45, 7) is 0.910. The number of nitrogens with one attached hydrogen (secondary N) is 1. The van der Waals surface area contributed by atoms with Crippen LogP contribution in [0.4, 0.5) is 0 Å². The molecule has 94 valence electrons. The Labute approximate surface area is 95.6 Å². The van der Waals surface area contributed by atoms with Gasteiger partial charge in [0.15, 0.2) is 0 Å². The van der Waals surface area contributed by atoms with E-state index in [0.717, 1.165) is 0 Å². The van der Waals surface area contributed by atoms with E-state index in [1.165, 1.54) is 7.11 Å². The molecule has 0 aliphatic carbocycles. The van der Waals surface area contributed by atoms with Crippen LogP contribution in [0.1, 0.15) is 12.8 Å². The van der Waals surface area contributed by atoms with Crippen molar-refractivity contribution in [2.75, 3.05) is 34.4 Å².